The van der Waals surface area contributed by atoms with Crippen molar-refractivity contribution >= 4 is 22.4 Å². The average Bonchev–Trinajstić information content (AvgIpc) is 3.70. The van der Waals surface area contributed by atoms with E-state index >= 15 is 0 Å². The Bertz CT molecular complexity index is 1940. The number of carboxylic acid groups (broad SMARTS) is 1. The van der Waals surface area contributed by atoms with Crippen LogP contribution in [0, 0.1) is 28.6 Å². The Hall–Kier alpha value is -1.93. The molecular weight excluding hydrogens is 633 g/mol. The zero-order valence-electron chi connectivity index (χ0n) is 31.9. The van der Waals surface area contributed by atoms with Gasteiger partial charge in [-0.15, -0.1) is 0 Å². The standard InChI is InChI=1S/C43H55NO5.Na/c1-22(2)30-20-28-33-25(29-21-39(4,5)49-40(6,7)34(29)36(33)46)19-26-27-18-24-13-14-31-41(8,16-11-12-23(3)38(47)48)32(45)15-17-42(31,9)43(24,10)37(27)44(30)35(26)28;/h11-12,16,19,21,24,30-32,34,36,45-46H,1,13-15,17-18,20H2,2-10H3,(H,47,48);/q;+1/p-1/b16-11+,23-12+;/t24-,30+,31-,32-,34+,36+,41-,42-,43+;/m0./s1. The van der Waals surface area contributed by atoms with Crippen molar-refractivity contribution in [2.75, 3.05) is 0 Å². The number of carbonyl (C=O) groups is 1. The number of rotatable bonds is 4. The van der Waals surface area contributed by atoms with Crippen molar-refractivity contribution in [3.63, 3.8) is 0 Å². The maximum Gasteiger partial charge on any atom is 1.00 e. The van der Waals surface area contributed by atoms with Crippen molar-refractivity contribution in [2.45, 2.75) is 136 Å². The van der Waals surface area contributed by atoms with Crippen LogP contribution in [0.25, 0.3) is 16.5 Å². The van der Waals surface area contributed by atoms with E-state index in [0.717, 1.165) is 43.2 Å². The Balaban J connectivity index is 0.00000392. The monoisotopic (exact) mass is 687 g/mol. The number of aliphatic carboxylic acids is 1. The number of aliphatic hydroxyl groups is 2. The summed E-state index contributed by atoms with van der Waals surface area (Å²) in [5.41, 5.74) is 8.66. The first kappa shape index (κ1) is 36.4. The summed E-state index contributed by atoms with van der Waals surface area (Å²) >= 11 is 0. The number of hydrogen-bond donors (Lipinski definition) is 2. The third-order valence-corrected chi connectivity index (χ3v) is 14.9. The van der Waals surface area contributed by atoms with Gasteiger partial charge in [0.2, 0.25) is 0 Å². The van der Waals surface area contributed by atoms with Gasteiger partial charge < -0.3 is 29.4 Å². The van der Waals surface area contributed by atoms with Gasteiger partial charge in [-0.3, -0.25) is 0 Å². The number of allylic oxidation sites excluding steroid dienone is 3. The second-order valence-electron chi connectivity index (χ2n) is 18.4. The number of aromatic nitrogens is 1. The van der Waals surface area contributed by atoms with Crippen LogP contribution in [0.1, 0.15) is 128 Å². The Morgan fingerprint density at radius 3 is 2.40 bits per heavy atom. The molecule has 4 aliphatic carbocycles. The molecular formula is C43H54NNaO5. The summed E-state index contributed by atoms with van der Waals surface area (Å²) in [6, 6.07) is 2.55. The van der Waals surface area contributed by atoms with Gasteiger partial charge >= 0.3 is 29.6 Å². The van der Waals surface area contributed by atoms with E-state index in [1.165, 1.54) is 38.9 Å². The first-order valence-electron chi connectivity index (χ1n) is 18.5. The molecule has 3 heterocycles. The van der Waals surface area contributed by atoms with E-state index in [9.17, 15) is 20.1 Å². The molecule has 9 atom stereocenters. The second kappa shape index (κ2) is 11.3. The predicted octanol–water partition coefficient (Wildman–Crippen LogP) is 4.21. The summed E-state index contributed by atoms with van der Waals surface area (Å²) in [7, 11) is 0. The molecule has 8 rings (SSSR count). The second-order valence-corrected chi connectivity index (χ2v) is 18.4. The van der Waals surface area contributed by atoms with E-state index in [0.29, 0.717) is 12.3 Å². The van der Waals surface area contributed by atoms with Gasteiger partial charge in [0.15, 0.2) is 0 Å². The number of ether oxygens (including phenoxy) is 1. The molecule has 2 N–H and O–H groups in total. The number of hydrogen-bond acceptors (Lipinski definition) is 5. The van der Waals surface area contributed by atoms with Crippen molar-refractivity contribution in [1.82, 2.24) is 4.57 Å². The first-order chi connectivity index (χ1) is 22.8. The van der Waals surface area contributed by atoms with Gasteiger partial charge in [-0.05, 0) is 143 Å². The predicted molar refractivity (Wildman–Crippen MR) is 192 cm³/mol. The molecule has 6 aliphatic rings. The molecule has 0 radical (unpaired) electrons. The summed E-state index contributed by atoms with van der Waals surface area (Å²) in [6.07, 6.45) is 12.3. The third kappa shape index (κ3) is 4.51. The maximum atomic E-state index is 12.2. The van der Waals surface area contributed by atoms with Gasteiger partial charge in [-0.25, -0.2) is 0 Å². The Kier molecular flexibility index (Phi) is 8.23. The van der Waals surface area contributed by atoms with E-state index in [4.69, 9.17) is 4.74 Å². The molecule has 1 aromatic carbocycles. The summed E-state index contributed by atoms with van der Waals surface area (Å²) in [5, 5.41) is 36.6. The molecule has 0 saturated heterocycles. The van der Waals surface area contributed by atoms with E-state index < -0.39 is 34.8 Å². The minimum atomic E-state index is -1.17. The molecule has 2 aliphatic heterocycles. The third-order valence-electron chi connectivity index (χ3n) is 14.9. The summed E-state index contributed by atoms with van der Waals surface area (Å²) in [5.74, 6) is -0.594. The molecule has 0 bridgehead atoms. The van der Waals surface area contributed by atoms with Crippen molar-refractivity contribution < 1.29 is 54.4 Å². The molecule has 0 amide bonds. The number of benzene rings is 1. The Labute approximate surface area is 320 Å². The van der Waals surface area contributed by atoms with E-state index in [2.05, 4.69) is 84.8 Å². The molecule has 0 unspecified atom stereocenters. The Morgan fingerprint density at radius 1 is 1.04 bits per heavy atom. The molecule has 262 valence electrons. The largest absolute Gasteiger partial charge is 1.00 e. The zero-order chi connectivity index (χ0) is 35.4. The van der Waals surface area contributed by atoms with Crippen molar-refractivity contribution in [2.24, 2.45) is 28.6 Å². The number of aliphatic hydroxyl groups excluding tert-OH is 2. The quantitative estimate of drug-likeness (QED) is 0.218. The molecule has 2 fully saturated rings. The minimum absolute atomic E-state index is 0. The topological polar surface area (TPSA) is 94.8 Å². The SMILES string of the molecule is C=C(C)[C@H]1Cc2c3c(cc4c5c(n1c24)[C@@]1(C)[C@@H](CC[C@H]2[C@](C)(/C=C/C=C(\C)C(=O)[O-])[C@@H](O)CC[C@@]21C)C5)C1=CC(C)(C)OC(C)(C)[C@H]1[C@@H]3O.[Na+]. The summed E-state index contributed by atoms with van der Waals surface area (Å²) in [4.78, 5) is 11.4. The number of carbonyl (C=O) groups excluding carboxylic acids is 1. The number of nitrogens with zero attached hydrogens (tertiary/aromatic N) is 1. The molecule has 0 spiro atoms. The first-order valence-corrected chi connectivity index (χ1v) is 18.5. The molecule has 1 aromatic heterocycles. The smallest absolute Gasteiger partial charge is 0.545 e. The van der Waals surface area contributed by atoms with Crippen molar-refractivity contribution in [3.05, 3.63) is 76.0 Å². The van der Waals surface area contributed by atoms with Crippen LogP contribution in [0.4, 0.5) is 0 Å². The van der Waals surface area contributed by atoms with Gasteiger partial charge in [-0.2, -0.15) is 0 Å². The molecule has 7 heteroatoms. The van der Waals surface area contributed by atoms with Gasteiger partial charge in [0, 0.05) is 27.8 Å². The molecule has 6 nitrogen and oxygen atoms in total. The van der Waals surface area contributed by atoms with Gasteiger partial charge in [0.25, 0.3) is 0 Å². The number of carboxylic acids is 1. The van der Waals surface area contributed by atoms with Crippen LogP contribution in [-0.4, -0.2) is 38.1 Å². The van der Waals surface area contributed by atoms with E-state index in [1.807, 2.05) is 6.08 Å². The fourth-order valence-corrected chi connectivity index (χ4v) is 12.7. The van der Waals surface area contributed by atoms with Crippen LogP contribution >= 0.6 is 0 Å². The van der Waals surface area contributed by atoms with Gasteiger partial charge in [0.1, 0.15) is 0 Å². The minimum Gasteiger partial charge on any atom is -0.545 e. The molecule has 2 saturated carbocycles. The van der Waals surface area contributed by atoms with Gasteiger partial charge in [0.05, 0.1) is 40.9 Å². The summed E-state index contributed by atoms with van der Waals surface area (Å²) < 4.78 is 9.24. The van der Waals surface area contributed by atoms with E-state index in [-0.39, 0.29) is 63.8 Å². The van der Waals surface area contributed by atoms with E-state index in [1.54, 1.807) is 13.0 Å². The summed E-state index contributed by atoms with van der Waals surface area (Å²) in [6.45, 7) is 24.0. The fourth-order valence-electron chi connectivity index (χ4n) is 12.7. The van der Waals surface area contributed by atoms with Crippen LogP contribution in [0.2, 0.25) is 0 Å². The zero-order valence-corrected chi connectivity index (χ0v) is 33.9. The van der Waals surface area contributed by atoms with Gasteiger partial charge in [-0.1, -0.05) is 51.2 Å². The normalized spacial score (nSPS) is 38.9. The fraction of sp³-hybridized carbons (Fsp3) is 0.605. The van der Waals surface area contributed by atoms with Crippen LogP contribution in [0.5, 0.6) is 0 Å². The average molecular weight is 688 g/mol. The molecule has 50 heavy (non-hydrogen) atoms. The molecule has 2 aromatic rings. The van der Waals surface area contributed by atoms with Crippen LogP contribution in [0.15, 0.2) is 48.1 Å². The van der Waals surface area contributed by atoms with Crippen LogP contribution in [-0.2, 0) is 27.8 Å². The number of fused-ring (bicyclic) bond motifs is 11. The van der Waals surface area contributed by atoms with Crippen LogP contribution < -0.4 is 34.7 Å². The van der Waals surface area contributed by atoms with Crippen LogP contribution in [0.3, 0.4) is 0 Å². The Morgan fingerprint density at radius 2 is 1.74 bits per heavy atom. The van der Waals surface area contributed by atoms with Crippen molar-refractivity contribution in [3.8, 4) is 0 Å². The maximum absolute atomic E-state index is 12.2. The van der Waals surface area contributed by atoms with Crippen molar-refractivity contribution in [1.29, 1.82) is 0 Å².